The first-order valence-corrected chi connectivity index (χ1v) is 9.38. The Kier molecular flexibility index (Phi) is 5.74. The van der Waals surface area contributed by atoms with Crippen LogP contribution >= 0.6 is 0 Å². The Hall–Kier alpha value is -1.88. The minimum absolute atomic E-state index is 0.0850. The maximum atomic E-state index is 13.0. The molecule has 0 radical (unpaired) electrons. The van der Waals surface area contributed by atoms with Gasteiger partial charge in [0.25, 0.3) is 5.84 Å². The average Bonchev–Trinajstić information content (AvgIpc) is 2.68. The fourth-order valence-electron chi connectivity index (χ4n) is 3.96. The number of rotatable bonds is 5. The van der Waals surface area contributed by atoms with Crippen molar-refractivity contribution < 1.29 is 19.2 Å². The van der Waals surface area contributed by atoms with E-state index in [0.29, 0.717) is 5.56 Å². The molecule has 0 aromatic heterocycles. The molecule has 25 heavy (non-hydrogen) atoms. The summed E-state index contributed by atoms with van der Waals surface area (Å²) in [6, 6.07) is 9.28. The number of hydrogen-bond acceptors (Lipinski definition) is 4. The molecule has 3 rings (SSSR count). The molecule has 1 saturated carbocycles. The highest BCUT2D eigenvalue weighted by molar-refractivity contribution is 5.85. The molecule has 0 spiro atoms. The zero-order valence-corrected chi connectivity index (χ0v) is 15.0. The van der Waals surface area contributed by atoms with Gasteiger partial charge in [0.15, 0.2) is 12.2 Å². The summed E-state index contributed by atoms with van der Waals surface area (Å²) in [6.07, 6.45) is 6.06. The Morgan fingerprint density at radius 3 is 2.64 bits per heavy atom. The highest BCUT2D eigenvalue weighted by atomic mass is 16.6. The second-order valence-electron chi connectivity index (χ2n) is 7.19. The van der Waals surface area contributed by atoms with E-state index in [1.165, 1.54) is 6.42 Å². The summed E-state index contributed by atoms with van der Waals surface area (Å²) >= 11 is 0. The molecule has 1 aliphatic heterocycles. The van der Waals surface area contributed by atoms with Gasteiger partial charge in [0.05, 0.1) is 20.1 Å². The third kappa shape index (κ3) is 3.87. The van der Waals surface area contributed by atoms with Gasteiger partial charge in [-0.25, -0.2) is 4.79 Å². The van der Waals surface area contributed by atoms with Crippen molar-refractivity contribution in [3.8, 4) is 0 Å². The van der Waals surface area contributed by atoms with Crippen molar-refractivity contribution in [1.82, 2.24) is 5.32 Å². The quantitative estimate of drug-likeness (QED) is 0.633. The fraction of sp³-hybridized carbons (Fsp3) is 0.600. The van der Waals surface area contributed by atoms with Crippen LogP contribution in [-0.4, -0.2) is 48.2 Å². The second kappa shape index (κ2) is 8.00. The largest absolute Gasteiger partial charge is 0.450 e. The lowest BCUT2D eigenvalue weighted by Gasteiger charge is -2.36. The van der Waals surface area contributed by atoms with Gasteiger partial charge in [-0.2, -0.15) is 0 Å². The van der Waals surface area contributed by atoms with Gasteiger partial charge in [0.2, 0.25) is 0 Å². The lowest BCUT2D eigenvalue weighted by Crippen LogP contribution is -2.48. The molecule has 1 aliphatic carbocycles. The minimum atomic E-state index is -1.56. The maximum absolute atomic E-state index is 13.0. The first-order valence-electron chi connectivity index (χ1n) is 9.38. The number of nitrogens with one attached hydrogen (secondary N) is 1. The average molecular weight is 345 g/mol. The molecule has 136 valence electrons. The summed E-state index contributed by atoms with van der Waals surface area (Å²) in [5.41, 5.74) is -0.919. The van der Waals surface area contributed by atoms with Gasteiger partial charge < -0.3 is 9.84 Å². The molecular weight excluding hydrogens is 316 g/mol. The van der Waals surface area contributed by atoms with Gasteiger partial charge in [0.1, 0.15) is 0 Å². The van der Waals surface area contributed by atoms with Crippen LogP contribution in [0.1, 0.15) is 44.1 Å². The molecule has 1 aromatic carbocycles. The summed E-state index contributed by atoms with van der Waals surface area (Å²) in [5.74, 6) is 0.288. The van der Waals surface area contributed by atoms with Crippen LogP contribution in [0.2, 0.25) is 0 Å². The molecule has 1 atom stereocenters. The van der Waals surface area contributed by atoms with Crippen molar-refractivity contribution in [1.29, 1.82) is 0 Å². The predicted molar refractivity (Wildman–Crippen MR) is 96.6 cm³/mol. The zero-order chi connectivity index (χ0) is 17.7. The molecule has 0 saturated heterocycles. The summed E-state index contributed by atoms with van der Waals surface area (Å²) in [7, 11) is 1.99. The maximum Gasteiger partial charge on any atom is 0.343 e. The van der Waals surface area contributed by atoms with E-state index in [2.05, 4.69) is 9.89 Å². The lowest BCUT2D eigenvalue weighted by molar-refractivity contribution is -0.505. The van der Waals surface area contributed by atoms with E-state index in [-0.39, 0.29) is 12.5 Å². The summed E-state index contributed by atoms with van der Waals surface area (Å²) in [6.45, 7) is 2.02. The summed E-state index contributed by atoms with van der Waals surface area (Å²) in [5, 5.41) is 14.7. The Morgan fingerprint density at radius 1 is 1.24 bits per heavy atom. The minimum Gasteiger partial charge on any atom is -0.450 e. The number of carbonyl (C=O) groups excluding carboxylic acids is 1. The van der Waals surface area contributed by atoms with E-state index < -0.39 is 11.6 Å². The molecule has 5 nitrogen and oxygen atoms in total. The number of nitrogens with zero attached hydrogens (tertiary/aromatic N) is 1. The molecule has 5 heteroatoms. The van der Waals surface area contributed by atoms with Gasteiger partial charge in [-0.3, -0.25) is 9.89 Å². The van der Waals surface area contributed by atoms with Gasteiger partial charge in [-0.15, -0.1) is 0 Å². The van der Waals surface area contributed by atoms with E-state index in [0.717, 1.165) is 51.0 Å². The predicted octanol–water partition coefficient (Wildman–Crippen LogP) is 2.03. The van der Waals surface area contributed by atoms with E-state index in [1.54, 1.807) is 0 Å². The summed E-state index contributed by atoms with van der Waals surface area (Å²) in [4.78, 5) is 13.0. The number of hydrogen-bond donors (Lipinski definition) is 2. The van der Waals surface area contributed by atoms with Crippen LogP contribution in [0.25, 0.3) is 0 Å². The third-order valence-electron chi connectivity index (χ3n) is 5.52. The number of carbonyl (C=O) groups is 1. The van der Waals surface area contributed by atoms with Crippen molar-refractivity contribution in [3.05, 3.63) is 35.9 Å². The van der Waals surface area contributed by atoms with Crippen molar-refractivity contribution in [2.45, 2.75) is 44.1 Å². The number of amidine groups is 1. The zero-order valence-electron chi connectivity index (χ0n) is 15.0. The molecular formula is C20H29N2O3+. The van der Waals surface area contributed by atoms with Gasteiger partial charge >= 0.3 is 5.97 Å². The number of ether oxygens (including phenoxy) is 1. The normalized spacial score (nSPS) is 21.4. The number of esters is 1. The third-order valence-corrected chi connectivity index (χ3v) is 5.52. The van der Waals surface area contributed by atoms with Gasteiger partial charge in [-0.1, -0.05) is 49.6 Å². The topological polar surface area (TPSA) is 61.6 Å². The van der Waals surface area contributed by atoms with E-state index in [9.17, 15) is 9.90 Å². The Balaban J connectivity index is 1.80. The molecule has 0 amide bonds. The van der Waals surface area contributed by atoms with Crippen LogP contribution in [0, 0.1) is 5.92 Å². The first-order chi connectivity index (χ1) is 12.1. The van der Waals surface area contributed by atoms with Crippen LogP contribution in [0.5, 0.6) is 0 Å². The smallest absolute Gasteiger partial charge is 0.343 e. The number of benzene rings is 1. The van der Waals surface area contributed by atoms with Crippen molar-refractivity contribution in [2.24, 2.45) is 5.92 Å². The van der Waals surface area contributed by atoms with Crippen LogP contribution in [0.15, 0.2) is 30.3 Å². The monoisotopic (exact) mass is 345 g/mol. The standard InChI is InChI=1S/C20H28N2O3/c1-22-14-8-13-21-18(22)15-25-19(23)20(24,16-9-4-2-5-10-16)17-11-6-3-7-12-17/h2,4-5,9-10,17,24H,3,6-8,11-15H2,1H3/p+1/t20-/m1/s1. The van der Waals surface area contributed by atoms with Crippen molar-refractivity contribution >= 4 is 11.8 Å². The lowest BCUT2D eigenvalue weighted by atomic mass is 9.73. The van der Waals surface area contributed by atoms with Crippen molar-refractivity contribution in [2.75, 3.05) is 26.7 Å². The second-order valence-corrected chi connectivity index (χ2v) is 7.19. The Morgan fingerprint density at radius 2 is 1.96 bits per heavy atom. The highest BCUT2D eigenvalue weighted by Crippen LogP contribution is 2.40. The Labute approximate surface area is 149 Å². The molecule has 2 N–H and O–H groups in total. The molecule has 1 aromatic rings. The van der Waals surface area contributed by atoms with Gasteiger partial charge in [0, 0.05) is 12.3 Å². The molecule has 0 bridgehead atoms. The Bertz CT molecular complexity index is 623. The summed E-state index contributed by atoms with van der Waals surface area (Å²) < 4.78 is 7.66. The van der Waals surface area contributed by atoms with Crippen LogP contribution in [0.4, 0.5) is 0 Å². The molecule has 1 heterocycles. The van der Waals surface area contributed by atoms with Crippen molar-refractivity contribution in [3.63, 3.8) is 0 Å². The van der Waals surface area contributed by atoms with Crippen LogP contribution in [-0.2, 0) is 15.1 Å². The van der Waals surface area contributed by atoms with Crippen LogP contribution in [0.3, 0.4) is 0 Å². The fourth-order valence-corrected chi connectivity index (χ4v) is 3.96. The molecule has 1 fully saturated rings. The van der Waals surface area contributed by atoms with E-state index in [4.69, 9.17) is 4.74 Å². The molecule has 2 aliphatic rings. The highest BCUT2D eigenvalue weighted by Gasteiger charge is 2.47. The van der Waals surface area contributed by atoms with Crippen LogP contribution < -0.4 is 5.32 Å². The first kappa shape index (κ1) is 17.9. The van der Waals surface area contributed by atoms with Gasteiger partial charge in [-0.05, 0) is 18.4 Å². The SMILES string of the molecule is C[N+]1=C(COC(=O)[C@@](O)(c2ccccc2)C2CCCCC2)NCCC1. The number of aliphatic hydroxyl groups is 1. The van der Waals surface area contributed by atoms with E-state index in [1.807, 2.05) is 37.4 Å². The van der Waals surface area contributed by atoms with E-state index >= 15 is 0 Å². The molecule has 0 unspecified atom stereocenters.